The fourth-order valence-corrected chi connectivity index (χ4v) is 1.42. The van der Waals surface area contributed by atoms with E-state index in [1.807, 2.05) is 30.3 Å². The molecule has 0 aromatic heterocycles. The normalized spacial score (nSPS) is 12.6. The Balaban J connectivity index is 2.40. The number of carbonyl (C=O) groups excluding carboxylic acids is 1. The molecule has 1 rings (SSSR count). The fourth-order valence-electron chi connectivity index (χ4n) is 1.42. The highest BCUT2D eigenvalue weighted by atomic mass is 16.5. The van der Waals surface area contributed by atoms with Gasteiger partial charge < -0.3 is 15.2 Å². The summed E-state index contributed by atoms with van der Waals surface area (Å²) < 4.78 is 4.76. The maximum Gasteiger partial charge on any atom is 0.330 e. The molecule has 0 bridgehead atoms. The molecule has 1 aromatic rings. The lowest BCUT2D eigenvalue weighted by Crippen LogP contribution is -2.30. The maximum atomic E-state index is 11.1. The summed E-state index contributed by atoms with van der Waals surface area (Å²) in [5.41, 5.74) is 1.13. The van der Waals surface area contributed by atoms with Crippen LogP contribution in [-0.2, 0) is 16.1 Å². The number of carbonyl (C=O) groups is 1. The van der Waals surface area contributed by atoms with Crippen molar-refractivity contribution in [1.82, 2.24) is 5.32 Å². The summed E-state index contributed by atoms with van der Waals surface area (Å²) in [6.45, 7) is 2.68. The minimum absolute atomic E-state index is 0.0667. The van der Waals surface area contributed by atoms with E-state index >= 15 is 0 Å². The van der Waals surface area contributed by atoms with Gasteiger partial charge in [-0.05, 0) is 12.5 Å². The third-order valence-corrected chi connectivity index (χ3v) is 2.36. The molecule has 0 aliphatic rings. The Morgan fingerprint density at radius 3 is 2.78 bits per heavy atom. The van der Waals surface area contributed by atoms with Crippen LogP contribution in [0, 0.1) is 0 Å². The lowest BCUT2D eigenvalue weighted by Gasteiger charge is -2.11. The molecular weight excluding hydrogens is 230 g/mol. The predicted molar refractivity (Wildman–Crippen MR) is 69.9 cm³/mol. The molecular formula is C14H19NO3. The monoisotopic (exact) mass is 249 g/mol. The zero-order chi connectivity index (χ0) is 13.2. The van der Waals surface area contributed by atoms with E-state index in [1.54, 1.807) is 13.0 Å². The van der Waals surface area contributed by atoms with Crippen molar-refractivity contribution in [2.75, 3.05) is 13.2 Å². The van der Waals surface area contributed by atoms with E-state index in [4.69, 9.17) is 4.74 Å². The second kappa shape index (κ2) is 8.44. The van der Waals surface area contributed by atoms with Gasteiger partial charge in [-0.2, -0.15) is 0 Å². The Kier molecular flexibility index (Phi) is 6.76. The van der Waals surface area contributed by atoms with Crippen molar-refractivity contribution in [3.63, 3.8) is 0 Å². The Morgan fingerprint density at radius 2 is 2.17 bits per heavy atom. The number of hydrogen-bond acceptors (Lipinski definition) is 4. The summed E-state index contributed by atoms with van der Waals surface area (Å²) in [6, 6.07) is 9.61. The van der Waals surface area contributed by atoms with Gasteiger partial charge in [0.25, 0.3) is 0 Å². The first kappa shape index (κ1) is 14.4. The van der Waals surface area contributed by atoms with Crippen molar-refractivity contribution in [3.05, 3.63) is 48.0 Å². The van der Waals surface area contributed by atoms with E-state index in [-0.39, 0.29) is 12.6 Å². The number of rotatable bonds is 7. The highest BCUT2D eigenvalue weighted by molar-refractivity contribution is 5.81. The Labute approximate surface area is 107 Å². The molecule has 1 atom stereocenters. The summed E-state index contributed by atoms with van der Waals surface area (Å²) in [7, 11) is 0. The van der Waals surface area contributed by atoms with Gasteiger partial charge >= 0.3 is 5.97 Å². The number of benzene rings is 1. The molecule has 2 N–H and O–H groups in total. The van der Waals surface area contributed by atoms with Crippen LogP contribution >= 0.6 is 0 Å². The minimum atomic E-state index is -0.391. The summed E-state index contributed by atoms with van der Waals surface area (Å²) in [6.07, 6.45) is 2.95. The largest absolute Gasteiger partial charge is 0.463 e. The van der Waals surface area contributed by atoms with Crippen LogP contribution in [0.2, 0.25) is 0 Å². The van der Waals surface area contributed by atoms with Crippen LogP contribution in [0.3, 0.4) is 0 Å². The third-order valence-electron chi connectivity index (χ3n) is 2.36. The standard InChI is InChI=1S/C14H19NO3/c1-2-18-14(17)9-8-13(11-16)15-10-12-6-4-3-5-7-12/h3-9,13,15-16H,2,10-11H2,1H3/b9-8+/t13-/m0/s1. The van der Waals surface area contributed by atoms with Crippen LogP contribution in [0.4, 0.5) is 0 Å². The number of aliphatic hydroxyl groups is 1. The molecule has 0 amide bonds. The SMILES string of the molecule is CCOC(=O)/C=C/[C@@H](CO)NCc1ccccc1. The van der Waals surface area contributed by atoms with E-state index < -0.39 is 5.97 Å². The molecule has 0 aliphatic carbocycles. The second-order valence-corrected chi connectivity index (χ2v) is 3.77. The zero-order valence-electron chi connectivity index (χ0n) is 10.5. The molecule has 0 heterocycles. The predicted octanol–water partition coefficient (Wildman–Crippen LogP) is 1.26. The molecule has 0 aliphatic heterocycles. The molecule has 0 saturated heterocycles. The first-order chi connectivity index (χ1) is 8.76. The van der Waals surface area contributed by atoms with Crippen molar-refractivity contribution >= 4 is 5.97 Å². The first-order valence-corrected chi connectivity index (χ1v) is 5.99. The van der Waals surface area contributed by atoms with Crippen LogP contribution in [0.1, 0.15) is 12.5 Å². The van der Waals surface area contributed by atoms with Crippen molar-refractivity contribution in [2.24, 2.45) is 0 Å². The van der Waals surface area contributed by atoms with E-state index in [2.05, 4.69) is 5.32 Å². The van der Waals surface area contributed by atoms with E-state index in [1.165, 1.54) is 6.08 Å². The quantitative estimate of drug-likeness (QED) is 0.564. The number of hydrogen-bond donors (Lipinski definition) is 2. The van der Waals surface area contributed by atoms with Crippen LogP contribution in [0.5, 0.6) is 0 Å². The van der Waals surface area contributed by atoms with Crippen molar-refractivity contribution in [3.8, 4) is 0 Å². The van der Waals surface area contributed by atoms with E-state index in [0.29, 0.717) is 13.2 Å². The second-order valence-electron chi connectivity index (χ2n) is 3.77. The Hall–Kier alpha value is -1.65. The summed E-state index contributed by atoms with van der Waals surface area (Å²) in [4.78, 5) is 11.1. The van der Waals surface area contributed by atoms with Gasteiger partial charge in [-0.15, -0.1) is 0 Å². The highest BCUT2D eigenvalue weighted by Gasteiger charge is 2.03. The topological polar surface area (TPSA) is 58.6 Å². The number of aliphatic hydroxyl groups excluding tert-OH is 1. The van der Waals surface area contributed by atoms with Crippen LogP contribution in [0.15, 0.2) is 42.5 Å². The van der Waals surface area contributed by atoms with E-state index in [9.17, 15) is 9.90 Å². The summed E-state index contributed by atoms with van der Waals surface area (Å²) >= 11 is 0. The lowest BCUT2D eigenvalue weighted by molar-refractivity contribution is -0.137. The van der Waals surface area contributed by atoms with Gasteiger partial charge in [-0.25, -0.2) is 4.79 Å². The van der Waals surface area contributed by atoms with Crippen molar-refractivity contribution in [1.29, 1.82) is 0 Å². The van der Waals surface area contributed by atoms with Gasteiger partial charge in [0.15, 0.2) is 0 Å². The van der Waals surface area contributed by atoms with Crippen LogP contribution in [-0.4, -0.2) is 30.3 Å². The molecule has 4 heteroatoms. The number of ether oxygens (including phenoxy) is 1. The fraction of sp³-hybridized carbons (Fsp3) is 0.357. The highest BCUT2D eigenvalue weighted by Crippen LogP contribution is 1.98. The number of esters is 1. The van der Waals surface area contributed by atoms with Crippen molar-refractivity contribution < 1.29 is 14.6 Å². The molecule has 98 valence electrons. The van der Waals surface area contributed by atoms with Crippen molar-refractivity contribution in [2.45, 2.75) is 19.5 Å². The summed E-state index contributed by atoms with van der Waals surface area (Å²) in [5, 5.41) is 12.3. The molecule has 18 heavy (non-hydrogen) atoms. The molecule has 0 saturated carbocycles. The van der Waals surface area contributed by atoms with Gasteiger partial charge in [0, 0.05) is 18.7 Å². The van der Waals surface area contributed by atoms with Gasteiger partial charge in [-0.1, -0.05) is 36.4 Å². The van der Waals surface area contributed by atoms with Gasteiger partial charge in [-0.3, -0.25) is 0 Å². The average molecular weight is 249 g/mol. The molecule has 0 fully saturated rings. The molecule has 0 radical (unpaired) electrons. The first-order valence-electron chi connectivity index (χ1n) is 5.99. The van der Waals surface area contributed by atoms with Gasteiger partial charge in [0.05, 0.1) is 13.2 Å². The van der Waals surface area contributed by atoms with Gasteiger partial charge in [0.2, 0.25) is 0 Å². The average Bonchev–Trinajstić information content (AvgIpc) is 2.40. The maximum absolute atomic E-state index is 11.1. The Bertz CT molecular complexity index is 376. The number of nitrogens with one attached hydrogen (secondary N) is 1. The lowest BCUT2D eigenvalue weighted by atomic mass is 10.2. The van der Waals surface area contributed by atoms with Gasteiger partial charge in [0.1, 0.15) is 0 Å². The van der Waals surface area contributed by atoms with E-state index in [0.717, 1.165) is 5.56 Å². The summed E-state index contributed by atoms with van der Waals surface area (Å²) in [5.74, 6) is -0.391. The molecule has 0 spiro atoms. The minimum Gasteiger partial charge on any atom is -0.463 e. The zero-order valence-corrected chi connectivity index (χ0v) is 10.5. The smallest absolute Gasteiger partial charge is 0.330 e. The molecule has 0 unspecified atom stereocenters. The Morgan fingerprint density at radius 1 is 1.44 bits per heavy atom. The van der Waals surface area contributed by atoms with Crippen LogP contribution in [0.25, 0.3) is 0 Å². The molecule has 4 nitrogen and oxygen atoms in total. The third kappa shape index (κ3) is 5.61. The molecule has 1 aromatic carbocycles. The van der Waals surface area contributed by atoms with Crippen LogP contribution < -0.4 is 5.32 Å².